The average molecular weight is 366 g/mol. The van der Waals surface area contributed by atoms with Crippen LogP contribution in [0.4, 0.5) is 31.1 Å². The molecule has 0 rings (SSSR count). The first-order valence-corrected chi connectivity index (χ1v) is 6.31. The number of hydrogen-bond acceptors (Lipinski definition) is 5. The van der Waals surface area contributed by atoms with Gasteiger partial charge in [-0.05, 0) is 27.7 Å². The largest absolute Gasteiger partial charge is 0.510 e. The van der Waals surface area contributed by atoms with Gasteiger partial charge in [0.05, 0.1) is 0 Å². The third-order valence-corrected chi connectivity index (χ3v) is 2.32. The number of carbonyl (C=O) groups excluding carboxylic acids is 2. The van der Waals surface area contributed by atoms with Crippen LogP contribution in [-0.2, 0) is 19.0 Å². The van der Waals surface area contributed by atoms with E-state index in [9.17, 15) is 35.9 Å². The van der Waals surface area contributed by atoms with Gasteiger partial charge in [0.15, 0.2) is 6.61 Å². The van der Waals surface area contributed by atoms with E-state index in [2.05, 4.69) is 20.8 Å². The minimum Gasteiger partial charge on any atom is -0.457 e. The van der Waals surface area contributed by atoms with Gasteiger partial charge >= 0.3 is 30.1 Å². The highest BCUT2D eigenvalue weighted by Gasteiger charge is 2.75. The van der Waals surface area contributed by atoms with Crippen molar-refractivity contribution in [1.82, 2.24) is 0 Å². The second-order valence-electron chi connectivity index (χ2n) is 5.75. The van der Waals surface area contributed by atoms with E-state index in [-0.39, 0.29) is 0 Å². The standard InChI is InChI=1S/C13H16F6O5/c1-7(2)8(20)22-6-11(12(14,15)16,13(17,18)19)24-9(21)23-10(3,4)5/h1,6H2,2-5H3. The lowest BCUT2D eigenvalue weighted by Crippen LogP contribution is -2.63. The van der Waals surface area contributed by atoms with E-state index >= 15 is 0 Å². The van der Waals surface area contributed by atoms with Crippen LogP contribution in [-0.4, -0.2) is 42.3 Å². The summed E-state index contributed by atoms with van der Waals surface area (Å²) in [6.45, 7) is 5.33. The zero-order valence-electron chi connectivity index (χ0n) is 13.2. The van der Waals surface area contributed by atoms with Gasteiger partial charge in [-0.2, -0.15) is 26.3 Å². The first-order valence-electron chi connectivity index (χ1n) is 6.31. The predicted octanol–water partition coefficient (Wildman–Crippen LogP) is 3.92. The number of rotatable bonds is 4. The summed E-state index contributed by atoms with van der Waals surface area (Å²) < 4.78 is 90.1. The number of ether oxygens (including phenoxy) is 3. The van der Waals surface area contributed by atoms with Gasteiger partial charge in [0.2, 0.25) is 0 Å². The van der Waals surface area contributed by atoms with E-state index in [1.807, 2.05) is 0 Å². The van der Waals surface area contributed by atoms with Crippen LogP contribution in [0.2, 0.25) is 0 Å². The average Bonchev–Trinajstić information content (AvgIpc) is 2.28. The Kier molecular flexibility index (Phi) is 6.34. The van der Waals surface area contributed by atoms with Crippen molar-refractivity contribution in [2.45, 2.75) is 51.2 Å². The molecule has 0 radical (unpaired) electrons. The van der Waals surface area contributed by atoms with E-state index in [1.165, 1.54) is 20.8 Å². The summed E-state index contributed by atoms with van der Waals surface area (Å²) >= 11 is 0. The number of carbonyl (C=O) groups is 2. The van der Waals surface area contributed by atoms with Crippen LogP contribution >= 0.6 is 0 Å². The van der Waals surface area contributed by atoms with Gasteiger partial charge in [-0.25, -0.2) is 9.59 Å². The van der Waals surface area contributed by atoms with Gasteiger partial charge < -0.3 is 14.2 Å². The molecule has 0 saturated carbocycles. The number of esters is 1. The maximum absolute atomic E-state index is 13.0. The van der Waals surface area contributed by atoms with Crippen LogP contribution in [0.3, 0.4) is 0 Å². The quantitative estimate of drug-likeness (QED) is 0.429. The first-order chi connectivity index (χ1) is 10.4. The lowest BCUT2D eigenvalue weighted by molar-refractivity contribution is -0.376. The van der Waals surface area contributed by atoms with Crippen LogP contribution in [0.1, 0.15) is 27.7 Å². The van der Waals surface area contributed by atoms with Crippen molar-refractivity contribution in [3.8, 4) is 0 Å². The van der Waals surface area contributed by atoms with Gasteiger partial charge in [0, 0.05) is 5.57 Å². The van der Waals surface area contributed by atoms with E-state index in [0.717, 1.165) is 6.92 Å². The Morgan fingerprint density at radius 3 is 1.62 bits per heavy atom. The SMILES string of the molecule is C=C(C)C(=O)OCC(OC(=O)OC(C)(C)C)(C(F)(F)F)C(F)(F)F. The van der Waals surface area contributed by atoms with Crippen molar-refractivity contribution in [3.05, 3.63) is 12.2 Å². The monoisotopic (exact) mass is 366 g/mol. The summed E-state index contributed by atoms with van der Waals surface area (Å²) in [6.07, 6.45) is -14.5. The summed E-state index contributed by atoms with van der Waals surface area (Å²) in [5.41, 5.74) is -6.92. The van der Waals surface area contributed by atoms with Crippen molar-refractivity contribution in [1.29, 1.82) is 0 Å². The van der Waals surface area contributed by atoms with Crippen LogP contribution in [0.25, 0.3) is 0 Å². The minimum atomic E-state index is -6.13. The molecule has 0 bridgehead atoms. The predicted molar refractivity (Wildman–Crippen MR) is 67.9 cm³/mol. The molecule has 24 heavy (non-hydrogen) atoms. The highest BCUT2D eigenvalue weighted by Crippen LogP contribution is 2.46. The molecule has 0 N–H and O–H groups in total. The summed E-state index contributed by atoms with van der Waals surface area (Å²) in [4.78, 5) is 22.5. The van der Waals surface area contributed by atoms with E-state index in [4.69, 9.17) is 0 Å². The van der Waals surface area contributed by atoms with E-state index in [0.29, 0.717) is 0 Å². The normalized spacial score (nSPS) is 13.2. The molecule has 0 aliphatic heterocycles. The minimum absolute atomic E-state index is 0.439. The first kappa shape index (κ1) is 22.1. The molecule has 0 fully saturated rings. The summed E-state index contributed by atoms with van der Waals surface area (Å²) in [5.74, 6) is -1.51. The summed E-state index contributed by atoms with van der Waals surface area (Å²) in [6, 6.07) is 0. The molecule has 0 aromatic heterocycles. The van der Waals surface area contributed by atoms with Crippen LogP contribution in [0.15, 0.2) is 12.2 Å². The molecule has 0 spiro atoms. The van der Waals surface area contributed by atoms with Crippen molar-refractivity contribution < 1.29 is 50.1 Å². The van der Waals surface area contributed by atoms with Crippen molar-refractivity contribution >= 4 is 12.1 Å². The molecule has 0 aliphatic carbocycles. The molecular formula is C13H16F6O5. The van der Waals surface area contributed by atoms with Crippen molar-refractivity contribution in [2.75, 3.05) is 6.61 Å². The summed E-state index contributed by atoms with van der Waals surface area (Å²) in [7, 11) is 0. The van der Waals surface area contributed by atoms with Crippen molar-refractivity contribution in [2.24, 2.45) is 0 Å². The zero-order chi connectivity index (χ0) is 19.6. The Bertz CT molecular complexity index is 486. The fourth-order valence-electron chi connectivity index (χ4n) is 1.17. The highest BCUT2D eigenvalue weighted by atomic mass is 19.4. The second kappa shape index (κ2) is 6.89. The van der Waals surface area contributed by atoms with E-state index in [1.54, 1.807) is 0 Å². The number of halogens is 6. The Morgan fingerprint density at radius 1 is 0.917 bits per heavy atom. The molecule has 0 amide bonds. The van der Waals surface area contributed by atoms with Gasteiger partial charge in [0.1, 0.15) is 5.60 Å². The molecule has 11 heteroatoms. The Balaban J connectivity index is 5.75. The van der Waals surface area contributed by atoms with Gasteiger partial charge in [-0.3, -0.25) is 0 Å². The van der Waals surface area contributed by atoms with Crippen LogP contribution < -0.4 is 0 Å². The lowest BCUT2D eigenvalue weighted by atomic mass is 10.0. The number of hydrogen-bond donors (Lipinski definition) is 0. The molecule has 0 atom stereocenters. The zero-order valence-corrected chi connectivity index (χ0v) is 13.2. The Hall–Kier alpha value is -1.94. The molecule has 5 nitrogen and oxygen atoms in total. The second-order valence-corrected chi connectivity index (χ2v) is 5.75. The molecular weight excluding hydrogens is 350 g/mol. The number of alkyl halides is 6. The van der Waals surface area contributed by atoms with E-state index < -0.39 is 47.9 Å². The molecule has 140 valence electrons. The molecule has 0 aliphatic rings. The van der Waals surface area contributed by atoms with Crippen molar-refractivity contribution in [3.63, 3.8) is 0 Å². The molecule has 0 saturated heterocycles. The highest BCUT2D eigenvalue weighted by molar-refractivity contribution is 5.87. The fourth-order valence-corrected chi connectivity index (χ4v) is 1.17. The maximum Gasteiger partial charge on any atom is 0.510 e. The topological polar surface area (TPSA) is 61.8 Å². The molecule has 0 aromatic carbocycles. The third-order valence-electron chi connectivity index (χ3n) is 2.32. The molecule has 0 aromatic rings. The Labute approximate surface area is 133 Å². The molecule has 0 unspecified atom stereocenters. The fraction of sp³-hybridized carbons (Fsp3) is 0.692. The smallest absolute Gasteiger partial charge is 0.457 e. The van der Waals surface area contributed by atoms with Gasteiger partial charge in [-0.15, -0.1) is 0 Å². The lowest BCUT2D eigenvalue weighted by Gasteiger charge is -2.36. The van der Waals surface area contributed by atoms with Gasteiger partial charge in [-0.1, -0.05) is 6.58 Å². The summed E-state index contributed by atoms with van der Waals surface area (Å²) in [5, 5.41) is 0. The third kappa shape index (κ3) is 5.60. The maximum atomic E-state index is 13.0. The van der Waals surface area contributed by atoms with Crippen LogP contribution in [0.5, 0.6) is 0 Å². The van der Waals surface area contributed by atoms with Gasteiger partial charge in [0.25, 0.3) is 0 Å². The van der Waals surface area contributed by atoms with Crippen LogP contribution in [0, 0.1) is 0 Å². The molecule has 0 heterocycles. The Morgan fingerprint density at radius 2 is 1.33 bits per heavy atom.